The molecule has 1 aromatic heterocycles. The van der Waals surface area contributed by atoms with Crippen molar-refractivity contribution in [1.82, 2.24) is 4.31 Å². The van der Waals surface area contributed by atoms with Crippen LogP contribution in [0, 0.1) is 16.7 Å². The Morgan fingerprint density at radius 3 is 2.81 bits per heavy atom. The lowest BCUT2D eigenvalue weighted by atomic mass is 9.83. The van der Waals surface area contributed by atoms with E-state index in [0.717, 1.165) is 11.3 Å². The number of nitriles is 1. The third-order valence-electron chi connectivity index (χ3n) is 3.79. The zero-order chi connectivity index (χ0) is 15.7. The molecule has 0 aliphatic carbocycles. The molecule has 2 rings (SSSR count). The summed E-state index contributed by atoms with van der Waals surface area (Å²) in [6, 6.07) is 4.77. The van der Waals surface area contributed by atoms with Crippen LogP contribution in [0.1, 0.15) is 31.1 Å². The van der Waals surface area contributed by atoms with Crippen molar-refractivity contribution in [2.24, 2.45) is 5.41 Å². The van der Waals surface area contributed by atoms with Crippen LogP contribution in [0.3, 0.4) is 0 Å². The molecular formula is C13H16N2O4S2. The van der Waals surface area contributed by atoms with Crippen molar-refractivity contribution in [3.8, 4) is 6.07 Å². The third-order valence-corrected chi connectivity index (χ3v) is 7.09. The minimum Gasteiger partial charge on any atom is -0.481 e. The Balaban J connectivity index is 2.27. The summed E-state index contributed by atoms with van der Waals surface area (Å²) in [5, 5.41) is 18.2. The molecule has 21 heavy (non-hydrogen) atoms. The highest BCUT2D eigenvalue weighted by Gasteiger charge is 2.47. The predicted molar refractivity (Wildman–Crippen MR) is 77.4 cm³/mol. The Morgan fingerprint density at radius 1 is 1.57 bits per heavy atom. The van der Waals surface area contributed by atoms with Gasteiger partial charge in [0, 0.05) is 13.1 Å². The zero-order valence-electron chi connectivity index (χ0n) is 11.6. The smallest absolute Gasteiger partial charge is 0.311 e. The fraction of sp³-hybridized carbons (Fsp3) is 0.538. The van der Waals surface area contributed by atoms with E-state index in [1.807, 2.05) is 13.0 Å². The predicted octanol–water partition coefficient (Wildman–Crippen LogP) is 1.89. The van der Waals surface area contributed by atoms with Gasteiger partial charge in [0.05, 0.1) is 5.41 Å². The van der Waals surface area contributed by atoms with Gasteiger partial charge in [-0.3, -0.25) is 4.79 Å². The molecule has 1 saturated heterocycles. The van der Waals surface area contributed by atoms with Gasteiger partial charge in [-0.25, -0.2) is 8.42 Å². The maximum atomic E-state index is 12.5. The lowest BCUT2D eigenvalue weighted by Gasteiger charge is -2.23. The van der Waals surface area contributed by atoms with Crippen LogP contribution >= 0.6 is 11.3 Å². The summed E-state index contributed by atoms with van der Waals surface area (Å²) in [5.74, 6) is -0.939. The van der Waals surface area contributed by atoms with Crippen LogP contribution < -0.4 is 0 Å². The van der Waals surface area contributed by atoms with E-state index in [9.17, 15) is 18.3 Å². The van der Waals surface area contributed by atoms with Gasteiger partial charge in [0.25, 0.3) is 10.0 Å². The number of carbonyl (C=O) groups is 1. The van der Waals surface area contributed by atoms with Gasteiger partial charge in [-0.1, -0.05) is 13.3 Å². The number of thiophene rings is 1. The molecule has 2 heterocycles. The summed E-state index contributed by atoms with van der Waals surface area (Å²) < 4.78 is 26.3. The normalized spacial score (nSPS) is 23.0. The van der Waals surface area contributed by atoms with Gasteiger partial charge in [-0.15, -0.1) is 11.3 Å². The SMILES string of the molecule is CCCC1(C(=O)O)CCN(S(=O)(=O)c2ccc(C#N)s2)C1. The molecule has 1 N–H and O–H groups in total. The fourth-order valence-corrected chi connectivity index (χ4v) is 5.43. The molecule has 1 unspecified atom stereocenters. The largest absolute Gasteiger partial charge is 0.481 e. The topological polar surface area (TPSA) is 98.5 Å². The summed E-state index contributed by atoms with van der Waals surface area (Å²) in [7, 11) is -3.71. The molecule has 0 radical (unpaired) electrons. The lowest BCUT2D eigenvalue weighted by molar-refractivity contribution is -0.148. The molecule has 1 aromatic rings. The lowest BCUT2D eigenvalue weighted by Crippen LogP contribution is -2.36. The average Bonchev–Trinajstić information content (AvgIpc) is 3.06. The maximum Gasteiger partial charge on any atom is 0.311 e. The van der Waals surface area contributed by atoms with E-state index in [1.54, 1.807) is 0 Å². The standard InChI is InChI=1S/C13H16N2O4S2/c1-2-5-13(12(16)17)6-7-15(9-13)21(18,19)11-4-3-10(8-14)20-11/h3-4H,2,5-7,9H2,1H3,(H,16,17). The molecule has 0 amide bonds. The van der Waals surface area contributed by atoms with Crippen molar-refractivity contribution in [2.75, 3.05) is 13.1 Å². The van der Waals surface area contributed by atoms with Crippen molar-refractivity contribution in [3.63, 3.8) is 0 Å². The van der Waals surface area contributed by atoms with Crippen molar-refractivity contribution < 1.29 is 18.3 Å². The quantitative estimate of drug-likeness (QED) is 0.890. The number of carboxylic acid groups (broad SMARTS) is 1. The number of nitrogens with zero attached hydrogens (tertiary/aromatic N) is 2. The van der Waals surface area contributed by atoms with Crippen LogP contribution in [0.2, 0.25) is 0 Å². The van der Waals surface area contributed by atoms with E-state index in [1.165, 1.54) is 16.4 Å². The molecule has 0 spiro atoms. The van der Waals surface area contributed by atoms with Crippen molar-refractivity contribution >= 4 is 27.3 Å². The van der Waals surface area contributed by atoms with Crippen LogP contribution in [-0.2, 0) is 14.8 Å². The Bertz CT molecular complexity index is 689. The molecule has 114 valence electrons. The zero-order valence-corrected chi connectivity index (χ0v) is 13.2. The van der Waals surface area contributed by atoms with Crippen molar-refractivity contribution in [2.45, 2.75) is 30.4 Å². The Kier molecular flexibility index (Phi) is 4.37. The van der Waals surface area contributed by atoms with Crippen LogP contribution in [-0.4, -0.2) is 36.9 Å². The molecule has 0 bridgehead atoms. The monoisotopic (exact) mass is 328 g/mol. The number of carboxylic acids is 1. The number of aliphatic carboxylic acids is 1. The first-order valence-electron chi connectivity index (χ1n) is 6.59. The Morgan fingerprint density at radius 2 is 2.29 bits per heavy atom. The van der Waals surface area contributed by atoms with Crippen LogP contribution in [0.5, 0.6) is 0 Å². The van der Waals surface area contributed by atoms with Gasteiger partial charge in [0.15, 0.2) is 0 Å². The van der Waals surface area contributed by atoms with E-state index in [0.29, 0.717) is 24.1 Å². The second-order valence-corrected chi connectivity index (χ2v) is 8.40. The van der Waals surface area contributed by atoms with E-state index in [-0.39, 0.29) is 17.3 Å². The van der Waals surface area contributed by atoms with E-state index in [4.69, 9.17) is 5.26 Å². The van der Waals surface area contributed by atoms with Gasteiger partial charge >= 0.3 is 5.97 Å². The second-order valence-electron chi connectivity index (χ2n) is 5.15. The van der Waals surface area contributed by atoms with E-state index in [2.05, 4.69) is 0 Å². The van der Waals surface area contributed by atoms with E-state index >= 15 is 0 Å². The second kappa shape index (κ2) is 5.75. The van der Waals surface area contributed by atoms with Crippen LogP contribution in [0.15, 0.2) is 16.3 Å². The van der Waals surface area contributed by atoms with Gasteiger partial charge in [-0.2, -0.15) is 9.57 Å². The highest BCUT2D eigenvalue weighted by molar-refractivity contribution is 7.91. The van der Waals surface area contributed by atoms with Crippen LogP contribution in [0.25, 0.3) is 0 Å². The Hall–Kier alpha value is -1.43. The molecule has 1 fully saturated rings. The first-order valence-corrected chi connectivity index (χ1v) is 8.85. The molecule has 1 aliphatic rings. The highest BCUT2D eigenvalue weighted by Crippen LogP contribution is 2.38. The summed E-state index contributed by atoms with van der Waals surface area (Å²) in [6.07, 6.45) is 1.48. The number of sulfonamides is 1. The summed E-state index contributed by atoms with van der Waals surface area (Å²) >= 11 is 0.910. The highest BCUT2D eigenvalue weighted by atomic mass is 32.2. The van der Waals surface area contributed by atoms with E-state index < -0.39 is 21.4 Å². The molecular weight excluding hydrogens is 312 g/mol. The third kappa shape index (κ3) is 2.81. The van der Waals surface area contributed by atoms with Crippen LogP contribution in [0.4, 0.5) is 0 Å². The van der Waals surface area contributed by atoms with Gasteiger partial charge < -0.3 is 5.11 Å². The average molecular weight is 328 g/mol. The summed E-state index contributed by atoms with van der Waals surface area (Å²) in [5.41, 5.74) is -0.989. The van der Waals surface area contributed by atoms with Gasteiger partial charge in [0.1, 0.15) is 15.2 Å². The minimum absolute atomic E-state index is 0.00169. The minimum atomic E-state index is -3.71. The fourth-order valence-electron chi connectivity index (χ4n) is 2.65. The van der Waals surface area contributed by atoms with Crippen molar-refractivity contribution in [3.05, 3.63) is 17.0 Å². The first-order chi connectivity index (χ1) is 9.85. The molecule has 0 aromatic carbocycles. The molecule has 8 heteroatoms. The molecule has 0 saturated carbocycles. The number of hydrogen-bond donors (Lipinski definition) is 1. The molecule has 6 nitrogen and oxygen atoms in total. The maximum absolute atomic E-state index is 12.5. The number of rotatable bonds is 5. The number of hydrogen-bond acceptors (Lipinski definition) is 5. The molecule has 1 aliphatic heterocycles. The van der Waals surface area contributed by atoms with Gasteiger partial charge in [0.2, 0.25) is 0 Å². The van der Waals surface area contributed by atoms with Gasteiger partial charge in [-0.05, 0) is 25.0 Å². The van der Waals surface area contributed by atoms with Crippen molar-refractivity contribution in [1.29, 1.82) is 5.26 Å². The summed E-state index contributed by atoms with van der Waals surface area (Å²) in [4.78, 5) is 11.8. The summed E-state index contributed by atoms with van der Waals surface area (Å²) in [6.45, 7) is 2.09. The first kappa shape index (κ1) is 15.9. The molecule has 1 atom stereocenters. The Labute approximate surface area is 127 Å².